The highest BCUT2D eigenvalue weighted by Gasteiger charge is 2.37. The van der Waals surface area contributed by atoms with Crippen molar-refractivity contribution in [3.8, 4) is 5.69 Å². The number of aryl methyl sites for hydroxylation is 1. The molecule has 1 aromatic heterocycles. The van der Waals surface area contributed by atoms with Gasteiger partial charge in [0.2, 0.25) is 5.91 Å². The van der Waals surface area contributed by atoms with E-state index in [-0.39, 0.29) is 18.4 Å². The van der Waals surface area contributed by atoms with Gasteiger partial charge in [-0.1, -0.05) is 12.8 Å². The van der Waals surface area contributed by atoms with Crippen LogP contribution in [0.4, 0.5) is 4.79 Å². The zero-order valence-electron chi connectivity index (χ0n) is 20.9. The molecule has 2 saturated heterocycles. The van der Waals surface area contributed by atoms with E-state index in [9.17, 15) is 19.2 Å². The number of esters is 1. The fraction of sp³-hybridized carbons (Fsp3) is 0.407. The van der Waals surface area contributed by atoms with Gasteiger partial charge in [0, 0.05) is 30.2 Å². The van der Waals surface area contributed by atoms with Crippen LogP contribution in [0.25, 0.3) is 11.8 Å². The molecule has 2 aliphatic heterocycles. The summed E-state index contributed by atoms with van der Waals surface area (Å²) < 4.78 is 7.07. The van der Waals surface area contributed by atoms with Gasteiger partial charge >= 0.3 is 5.97 Å². The van der Waals surface area contributed by atoms with Gasteiger partial charge in [-0.2, -0.15) is 0 Å². The van der Waals surface area contributed by atoms with Crippen molar-refractivity contribution in [2.45, 2.75) is 46.5 Å². The number of aromatic nitrogens is 1. The minimum atomic E-state index is -0.434. The van der Waals surface area contributed by atoms with Gasteiger partial charge in [-0.05, 0) is 87.3 Å². The third kappa shape index (κ3) is 5.41. The Balaban J connectivity index is 1.51. The predicted molar refractivity (Wildman–Crippen MR) is 139 cm³/mol. The van der Waals surface area contributed by atoms with Gasteiger partial charge in [-0.25, -0.2) is 4.79 Å². The van der Waals surface area contributed by atoms with Crippen molar-refractivity contribution >= 4 is 40.9 Å². The minimum Gasteiger partial charge on any atom is -0.462 e. The van der Waals surface area contributed by atoms with Crippen LogP contribution in [0.15, 0.2) is 35.2 Å². The van der Waals surface area contributed by atoms with E-state index < -0.39 is 11.1 Å². The van der Waals surface area contributed by atoms with Crippen LogP contribution < -0.4 is 0 Å². The zero-order chi connectivity index (χ0) is 25.8. The first-order valence-corrected chi connectivity index (χ1v) is 13.1. The van der Waals surface area contributed by atoms with Crippen LogP contribution in [0.3, 0.4) is 0 Å². The highest BCUT2D eigenvalue weighted by Crippen LogP contribution is 2.34. The molecule has 2 aromatic rings. The van der Waals surface area contributed by atoms with Gasteiger partial charge in [0.05, 0.1) is 17.1 Å². The first kappa shape index (κ1) is 25.8. The average molecular weight is 510 g/mol. The maximum absolute atomic E-state index is 13.0. The monoisotopic (exact) mass is 509 g/mol. The SMILES string of the molecule is CCOC(=O)c1ccc(-n2c(C)cc(C=C3SC(=O)N(CC(=O)N4CCCCCC4)C3=O)c2C)cc1. The standard InChI is InChI=1S/C27H31N3O5S/c1-4-35-26(33)20-9-11-22(12-10-20)30-18(2)15-21(19(30)3)16-23-25(32)29(27(34)36-23)17-24(31)28-13-7-5-6-8-14-28/h9-12,15-16H,4-8,13-14,17H2,1-3H3. The molecule has 4 rings (SSSR count). The maximum atomic E-state index is 13.0. The summed E-state index contributed by atoms with van der Waals surface area (Å²) in [5.74, 6) is -0.975. The molecule has 1 aromatic carbocycles. The Morgan fingerprint density at radius 2 is 1.69 bits per heavy atom. The Labute approximate surface area is 215 Å². The van der Waals surface area contributed by atoms with Gasteiger partial charge in [0.15, 0.2) is 0 Å². The molecule has 0 aliphatic carbocycles. The molecule has 36 heavy (non-hydrogen) atoms. The molecule has 9 heteroatoms. The summed E-state index contributed by atoms with van der Waals surface area (Å²) in [4.78, 5) is 53.4. The Hall–Kier alpha value is -3.33. The molecule has 3 amide bonds. The van der Waals surface area contributed by atoms with Crippen LogP contribution in [0.2, 0.25) is 0 Å². The molecule has 0 N–H and O–H groups in total. The van der Waals surface area contributed by atoms with E-state index >= 15 is 0 Å². The third-order valence-corrected chi connectivity index (χ3v) is 7.43. The van der Waals surface area contributed by atoms with Crippen molar-refractivity contribution in [2.75, 3.05) is 26.2 Å². The van der Waals surface area contributed by atoms with Crippen LogP contribution >= 0.6 is 11.8 Å². The van der Waals surface area contributed by atoms with Crippen molar-refractivity contribution in [1.29, 1.82) is 0 Å². The van der Waals surface area contributed by atoms with Crippen molar-refractivity contribution in [1.82, 2.24) is 14.4 Å². The molecule has 2 aliphatic rings. The lowest BCUT2D eigenvalue weighted by Gasteiger charge is -2.22. The summed E-state index contributed by atoms with van der Waals surface area (Å²) in [6.45, 7) is 7.11. The third-order valence-electron chi connectivity index (χ3n) is 6.52. The lowest BCUT2D eigenvalue weighted by molar-refractivity contribution is -0.135. The van der Waals surface area contributed by atoms with E-state index in [2.05, 4.69) is 0 Å². The summed E-state index contributed by atoms with van der Waals surface area (Å²) in [6.07, 6.45) is 5.82. The van der Waals surface area contributed by atoms with Crippen LogP contribution in [0, 0.1) is 13.8 Å². The number of likely N-dealkylation sites (tertiary alicyclic amines) is 1. The summed E-state index contributed by atoms with van der Waals surface area (Å²) in [5.41, 5.74) is 3.99. The Morgan fingerprint density at radius 3 is 2.33 bits per heavy atom. The number of carbonyl (C=O) groups is 4. The minimum absolute atomic E-state index is 0.176. The Bertz CT molecular complexity index is 1210. The number of hydrogen-bond acceptors (Lipinski definition) is 6. The largest absolute Gasteiger partial charge is 0.462 e. The Kier molecular flexibility index (Phi) is 7.98. The highest BCUT2D eigenvalue weighted by molar-refractivity contribution is 8.18. The van der Waals surface area contributed by atoms with Crippen molar-refractivity contribution in [2.24, 2.45) is 0 Å². The van der Waals surface area contributed by atoms with E-state index in [1.54, 1.807) is 30.0 Å². The molecule has 2 fully saturated rings. The number of hydrogen-bond donors (Lipinski definition) is 0. The van der Waals surface area contributed by atoms with Gasteiger partial charge < -0.3 is 14.2 Å². The molecule has 0 spiro atoms. The molecular weight excluding hydrogens is 478 g/mol. The van der Waals surface area contributed by atoms with Gasteiger partial charge in [-0.3, -0.25) is 19.3 Å². The molecule has 8 nitrogen and oxygen atoms in total. The molecule has 0 bridgehead atoms. The molecular formula is C27H31N3O5S. The van der Waals surface area contributed by atoms with Gasteiger partial charge in [-0.15, -0.1) is 0 Å². The quantitative estimate of drug-likeness (QED) is 0.414. The molecule has 0 saturated carbocycles. The smallest absolute Gasteiger partial charge is 0.338 e. The zero-order valence-corrected chi connectivity index (χ0v) is 21.7. The predicted octanol–water partition coefficient (Wildman–Crippen LogP) is 4.71. The number of ether oxygens (including phenoxy) is 1. The van der Waals surface area contributed by atoms with E-state index in [0.717, 1.165) is 65.0 Å². The maximum Gasteiger partial charge on any atom is 0.338 e. The number of carbonyl (C=O) groups excluding carboxylic acids is 4. The lowest BCUT2D eigenvalue weighted by Crippen LogP contribution is -2.42. The van der Waals surface area contributed by atoms with Crippen LogP contribution in [-0.2, 0) is 14.3 Å². The number of benzene rings is 1. The van der Waals surface area contributed by atoms with Crippen LogP contribution in [-0.4, -0.2) is 63.6 Å². The van der Waals surface area contributed by atoms with Crippen molar-refractivity contribution < 1.29 is 23.9 Å². The highest BCUT2D eigenvalue weighted by atomic mass is 32.2. The van der Waals surface area contributed by atoms with Crippen molar-refractivity contribution in [3.05, 3.63) is 57.8 Å². The molecule has 0 atom stereocenters. The number of nitrogens with zero attached hydrogens (tertiary/aromatic N) is 3. The molecule has 0 radical (unpaired) electrons. The first-order chi connectivity index (χ1) is 17.3. The second-order valence-electron chi connectivity index (χ2n) is 8.99. The van der Waals surface area contributed by atoms with E-state index in [4.69, 9.17) is 4.74 Å². The van der Waals surface area contributed by atoms with E-state index in [0.29, 0.717) is 30.2 Å². The number of imide groups is 1. The molecule has 3 heterocycles. The molecule has 190 valence electrons. The number of thioether (sulfide) groups is 1. The van der Waals surface area contributed by atoms with Gasteiger partial charge in [0.25, 0.3) is 11.1 Å². The number of amides is 3. The fourth-order valence-corrected chi connectivity index (χ4v) is 5.45. The topological polar surface area (TPSA) is 88.9 Å². The van der Waals surface area contributed by atoms with Crippen LogP contribution in [0.1, 0.15) is 59.9 Å². The summed E-state index contributed by atoms with van der Waals surface area (Å²) in [7, 11) is 0. The second-order valence-corrected chi connectivity index (χ2v) is 9.99. The first-order valence-electron chi connectivity index (χ1n) is 12.3. The summed E-state index contributed by atoms with van der Waals surface area (Å²) >= 11 is 0.866. The number of rotatable bonds is 6. The van der Waals surface area contributed by atoms with Crippen molar-refractivity contribution in [3.63, 3.8) is 0 Å². The fourth-order valence-electron chi connectivity index (χ4n) is 4.62. The van der Waals surface area contributed by atoms with Gasteiger partial charge in [0.1, 0.15) is 6.54 Å². The van der Waals surface area contributed by atoms with E-state index in [1.165, 1.54) is 0 Å². The Morgan fingerprint density at radius 1 is 1.03 bits per heavy atom. The summed E-state index contributed by atoms with van der Waals surface area (Å²) in [6, 6.07) is 9.08. The second kappa shape index (κ2) is 11.2. The normalized spacial score (nSPS) is 17.6. The molecule has 0 unspecified atom stereocenters. The van der Waals surface area contributed by atoms with E-state index in [1.807, 2.05) is 36.6 Å². The average Bonchev–Trinajstić information content (AvgIpc) is 3.14. The van der Waals surface area contributed by atoms with Crippen LogP contribution in [0.5, 0.6) is 0 Å². The summed E-state index contributed by atoms with van der Waals surface area (Å²) in [5, 5.41) is -0.419. The lowest BCUT2D eigenvalue weighted by atomic mass is 10.2.